The average Bonchev–Trinajstić information content (AvgIpc) is 2.18. The highest BCUT2D eigenvalue weighted by Crippen LogP contribution is 2.31. The molecular weight excluding hydrogens is 162 g/mol. The number of rotatable bonds is 1. The maximum atomic E-state index is 9.79. The van der Waals surface area contributed by atoms with Crippen molar-refractivity contribution in [3.05, 3.63) is 11.1 Å². The molecule has 0 saturated carbocycles. The van der Waals surface area contributed by atoms with E-state index in [0.29, 0.717) is 0 Å². The summed E-state index contributed by atoms with van der Waals surface area (Å²) in [6, 6.07) is 0. The molecule has 2 rings (SSSR count). The Morgan fingerprint density at radius 3 is 3.08 bits per heavy atom. The van der Waals surface area contributed by atoms with Crippen LogP contribution in [0, 0.1) is 0 Å². The van der Waals surface area contributed by atoms with Crippen LogP contribution in [-0.2, 0) is 0 Å². The predicted molar refractivity (Wildman–Crippen MR) is 53.6 cm³/mol. The third-order valence-corrected chi connectivity index (χ3v) is 3.37. The summed E-state index contributed by atoms with van der Waals surface area (Å²) in [5.74, 6) is 0. The van der Waals surface area contributed by atoms with E-state index in [0.717, 1.165) is 32.5 Å². The zero-order chi connectivity index (χ0) is 9.26. The van der Waals surface area contributed by atoms with Gasteiger partial charge in [-0.3, -0.25) is 4.90 Å². The molecule has 1 unspecified atom stereocenters. The van der Waals surface area contributed by atoms with Gasteiger partial charge in [0, 0.05) is 13.1 Å². The average molecular weight is 181 g/mol. The van der Waals surface area contributed by atoms with Gasteiger partial charge in [0.15, 0.2) is 0 Å². The van der Waals surface area contributed by atoms with Crippen LogP contribution in [0.2, 0.25) is 0 Å². The van der Waals surface area contributed by atoms with Crippen molar-refractivity contribution in [2.75, 3.05) is 19.6 Å². The first kappa shape index (κ1) is 9.22. The number of aliphatic hydroxyl groups excluding tert-OH is 1. The lowest BCUT2D eigenvalue weighted by Crippen LogP contribution is -2.35. The third kappa shape index (κ3) is 1.79. The van der Waals surface area contributed by atoms with E-state index in [1.54, 1.807) is 0 Å². The minimum absolute atomic E-state index is 0.109. The molecule has 13 heavy (non-hydrogen) atoms. The highest BCUT2D eigenvalue weighted by molar-refractivity contribution is 5.25. The summed E-state index contributed by atoms with van der Waals surface area (Å²) in [4.78, 5) is 2.47. The third-order valence-electron chi connectivity index (χ3n) is 3.37. The summed E-state index contributed by atoms with van der Waals surface area (Å²) < 4.78 is 0. The van der Waals surface area contributed by atoms with Gasteiger partial charge in [0.2, 0.25) is 0 Å². The Labute approximate surface area is 80.2 Å². The van der Waals surface area contributed by atoms with Crippen molar-refractivity contribution in [3.63, 3.8) is 0 Å². The second-order valence-corrected chi connectivity index (χ2v) is 4.16. The van der Waals surface area contributed by atoms with E-state index >= 15 is 0 Å². The minimum atomic E-state index is -0.109. The molecule has 0 saturated heterocycles. The van der Waals surface area contributed by atoms with Crippen molar-refractivity contribution < 1.29 is 5.11 Å². The van der Waals surface area contributed by atoms with Gasteiger partial charge in [-0.05, 0) is 37.8 Å². The van der Waals surface area contributed by atoms with Gasteiger partial charge in [-0.15, -0.1) is 0 Å². The van der Waals surface area contributed by atoms with Gasteiger partial charge in [-0.2, -0.15) is 0 Å². The van der Waals surface area contributed by atoms with Crippen LogP contribution in [0.5, 0.6) is 0 Å². The van der Waals surface area contributed by atoms with Crippen LogP contribution in [0.4, 0.5) is 0 Å². The standard InChI is InChI=1S/C11H19NO/c1-2-12-7-6-10-9(8-12)4-3-5-11(10)13/h11,13H,2-8H2,1H3. The second kappa shape index (κ2) is 3.81. The summed E-state index contributed by atoms with van der Waals surface area (Å²) >= 11 is 0. The molecule has 0 spiro atoms. The highest BCUT2D eigenvalue weighted by Gasteiger charge is 2.25. The van der Waals surface area contributed by atoms with Crippen molar-refractivity contribution in [1.82, 2.24) is 4.90 Å². The van der Waals surface area contributed by atoms with E-state index in [1.807, 2.05) is 0 Å². The van der Waals surface area contributed by atoms with Crippen LogP contribution in [0.25, 0.3) is 0 Å². The van der Waals surface area contributed by atoms with Gasteiger partial charge in [0.1, 0.15) is 0 Å². The zero-order valence-electron chi connectivity index (χ0n) is 8.42. The number of aliphatic hydroxyl groups is 1. The van der Waals surface area contributed by atoms with E-state index in [1.165, 1.54) is 24.0 Å². The normalized spacial score (nSPS) is 30.5. The van der Waals surface area contributed by atoms with Crippen LogP contribution >= 0.6 is 0 Å². The molecule has 2 aliphatic rings. The summed E-state index contributed by atoms with van der Waals surface area (Å²) in [5, 5.41) is 9.79. The van der Waals surface area contributed by atoms with Gasteiger partial charge < -0.3 is 5.11 Å². The Balaban J connectivity index is 2.12. The molecule has 74 valence electrons. The first-order valence-electron chi connectivity index (χ1n) is 5.42. The first-order valence-corrected chi connectivity index (χ1v) is 5.42. The second-order valence-electron chi connectivity index (χ2n) is 4.16. The lowest BCUT2D eigenvalue weighted by Gasteiger charge is -2.34. The fourth-order valence-electron chi connectivity index (χ4n) is 2.50. The van der Waals surface area contributed by atoms with Crippen LogP contribution in [0.3, 0.4) is 0 Å². The van der Waals surface area contributed by atoms with E-state index in [9.17, 15) is 5.11 Å². The van der Waals surface area contributed by atoms with Crippen molar-refractivity contribution in [2.45, 2.75) is 38.7 Å². The number of nitrogens with zero attached hydrogens (tertiary/aromatic N) is 1. The molecular formula is C11H19NO. The van der Waals surface area contributed by atoms with Gasteiger partial charge in [-0.1, -0.05) is 12.5 Å². The molecule has 1 aliphatic carbocycles. The summed E-state index contributed by atoms with van der Waals surface area (Å²) in [5.41, 5.74) is 2.91. The summed E-state index contributed by atoms with van der Waals surface area (Å²) in [7, 11) is 0. The smallest absolute Gasteiger partial charge is 0.0753 e. The summed E-state index contributed by atoms with van der Waals surface area (Å²) in [6.07, 6.45) is 4.39. The monoisotopic (exact) mass is 181 g/mol. The Bertz CT molecular complexity index is 222. The molecule has 2 heteroatoms. The fraction of sp³-hybridized carbons (Fsp3) is 0.818. The first-order chi connectivity index (χ1) is 6.31. The largest absolute Gasteiger partial charge is 0.389 e. The molecule has 0 bridgehead atoms. The van der Waals surface area contributed by atoms with Gasteiger partial charge in [0.05, 0.1) is 6.10 Å². The summed E-state index contributed by atoms with van der Waals surface area (Å²) in [6.45, 7) is 5.62. The molecule has 2 nitrogen and oxygen atoms in total. The predicted octanol–water partition coefficient (Wildman–Crippen LogP) is 1.55. The fourth-order valence-corrected chi connectivity index (χ4v) is 2.50. The van der Waals surface area contributed by atoms with Gasteiger partial charge >= 0.3 is 0 Å². The van der Waals surface area contributed by atoms with E-state index < -0.39 is 0 Å². The Hall–Kier alpha value is -0.340. The molecule has 1 heterocycles. The topological polar surface area (TPSA) is 23.5 Å². The van der Waals surface area contributed by atoms with Crippen LogP contribution < -0.4 is 0 Å². The molecule has 0 amide bonds. The molecule has 0 aromatic carbocycles. The highest BCUT2D eigenvalue weighted by atomic mass is 16.3. The lowest BCUT2D eigenvalue weighted by atomic mass is 9.85. The quantitative estimate of drug-likeness (QED) is 0.620. The van der Waals surface area contributed by atoms with Crippen molar-refractivity contribution >= 4 is 0 Å². The molecule has 0 fully saturated rings. The Morgan fingerprint density at radius 2 is 2.31 bits per heavy atom. The zero-order valence-corrected chi connectivity index (χ0v) is 8.42. The Morgan fingerprint density at radius 1 is 1.46 bits per heavy atom. The molecule has 1 atom stereocenters. The van der Waals surface area contributed by atoms with Crippen LogP contribution in [0.1, 0.15) is 32.6 Å². The van der Waals surface area contributed by atoms with Crippen molar-refractivity contribution in [3.8, 4) is 0 Å². The van der Waals surface area contributed by atoms with E-state index in [2.05, 4.69) is 11.8 Å². The maximum absolute atomic E-state index is 9.79. The Kier molecular flexibility index (Phi) is 2.70. The van der Waals surface area contributed by atoms with Crippen molar-refractivity contribution in [2.24, 2.45) is 0 Å². The molecule has 1 aliphatic heterocycles. The minimum Gasteiger partial charge on any atom is -0.389 e. The SMILES string of the molecule is CCN1CCC2=C(CCCC2O)C1. The van der Waals surface area contributed by atoms with Crippen LogP contribution in [-0.4, -0.2) is 35.7 Å². The maximum Gasteiger partial charge on any atom is 0.0753 e. The molecule has 0 radical (unpaired) electrons. The molecule has 0 aromatic rings. The van der Waals surface area contributed by atoms with Gasteiger partial charge in [-0.25, -0.2) is 0 Å². The van der Waals surface area contributed by atoms with E-state index in [4.69, 9.17) is 0 Å². The van der Waals surface area contributed by atoms with Crippen molar-refractivity contribution in [1.29, 1.82) is 0 Å². The lowest BCUT2D eigenvalue weighted by molar-refractivity contribution is 0.167. The molecule has 0 aromatic heterocycles. The number of likely N-dealkylation sites (N-methyl/N-ethyl adjacent to an activating group) is 1. The number of hydrogen-bond donors (Lipinski definition) is 1. The number of hydrogen-bond acceptors (Lipinski definition) is 2. The van der Waals surface area contributed by atoms with Gasteiger partial charge in [0.25, 0.3) is 0 Å². The van der Waals surface area contributed by atoms with E-state index in [-0.39, 0.29) is 6.10 Å². The molecule has 1 N–H and O–H groups in total. The van der Waals surface area contributed by atoms with Crippen LogP contribution in [0.15, 0.2) is 11.1 Å².